The van der Waals surface area contributed by atoms with Gasteiger partial charge in [-0.3, -0.25) is 0 Å². The molecule has 82 valence electrons. The monoisotopic (exact) mass is 248 g/mol. The molecule has 0 bridgehead atoms. The Kier molecular flexibility index (Phi) is 2.57. The summed E-state index contributed by atoms with van der Waals surface area (Å²) in [5, 5.41) is 5.05. The number of halogens is 1. The number of hydrogen-bond acceptors (Lipinski definition) is 4. The average Bonchev–Trinajstić information content (AvgIpc) is 2.90. The van der Waals surface area contributed by atoms with Gasteiger partial charge in [0.25, 0.3) is 0 Å². The van der Waals surface area contributed by atoms with Crippen molar-refractivity contribution >= 4 is 21.6 Å². The first kappa shape index (κ1) is 10.7. The van der Waals surface area contributed by atoms with Gasteiger partial charge >= 0.3 is 0 Å². The third-order valence-electron chi connectivity index (χ3n) is 1.94. The number of aromatic nitrogens is 1. The van der Waals surface area contributed by atoms with E-state index in [0.717, 1.165) is 12.8 Å². The molecule has 0 saturated heterocycles. The van der Waals surface area contributed by atoms with Crippen LogP contribution in [0, 0.1) is 0 Å². The van der Waals surface area contributed by atoms with Crippen molar-refractivity contribution in [1.29, 1.82) is 0 Å². The lowest BCUT2D eigenvalue weighted by Gasteiger charge is -2.09. The van der Waals surface area contributed by atoms with Crippen LogP contribution in [0.3, 0.4) is 0 Å². The first-order valence-corrected chi connectivity index (χ1v) is 6.25. The summed E-state index contributed by atoms with van der Waals surface area (Å²) in [5.41, 5.74) is 0. The fourth-order valence-corrected chi connectivity index (χ4v) is 2.00. The molecule has 7 heteroatoms. The molecular weight excluding hydrogens is 240 g/mol. The van der Waals surface area contributed by atoms with Gasteiger partial charge in [-0.1, -0.05) is 11.6 Å². The predicted molar refractivity (Wildman–Crippen MR) is 54.3 cm³/mol. The number of primary sulfonamides is 1. The zero-order valence-corrected chi connectivity index (χ0v) is 9.25. The third-order valence-corrected chi connectivity index (χ3v) is 3.14. The molecular formula is C8H9ClN2O3S. The zero-order valence-electron chi connectivity index (χ0n) is 7.68. The van der Waals surface area contributed by atoms with Gasteiger partial charge in [-0.05, 0) is 18.9 Å². The quantitative estimate of drug-likeness (QED) is 0.807. The minimum atomic E-state index is -3.82. The Labute approximate surface area is 92.3 Å². The predicted octanol–water partition coefficient (Wildman–Crippen LogP) is 0.924. The van der Waals surface area contributed by atoms with E-state index in [1.54, 1.807) is 0 Å². The Morgan fingerprint density at radius 2 is 2.20 bits per heavy atom. The second kappa shape index (κ2) is 3.62. The Morgan fingerprint density at radius 1 is 1.53 bits per heavy atom. The Balaban J connectivity index is 2.47. The van der Waals surface area contributed by atoms with Crippen molar-refractivity contribution in [3.8, 4) is 5.75 Å². The van der Waals surface area contributed by atoms with Crippen molar-refractivity contribution < 1.29 is 13.2 Å². The third kappa shape index (κ3) is 2.39. The maximum absolute atomic E-state index is 11.2. The van der Waals surface area contributed by atoms with Gasteiger partial charge in [-0.25, -0.2) is 18.5 Å². The van der Waals surface area contributed by atoms with Crippen LogP contribution in [0.15, 0.2) is 17.2 Å². The molecule has 1 saturated carbocycles. The summed E-state index contributed by atoms with van der Waals surface area (Å²) >= 11 is 5.75. The standard InChI is InChI=1S/C8H9ClN2O3S/c9-8-7(14-5-1-2-5)6(3-4-11-8)15(10,12)13/h3-5H,1-2H2,(H2,10,12,13). The second-order valence-corrected chi connectivity index (χ2v) is 5.18. The largest absolute Gasteiger partial charge is 0.486 e. The van der Waals surface area contributed by atoms with Crippen LogP contribution < -0.4 is 9.88 Å². The van der Waals surface area contributed by atoms with Crippen LogP contribution in [0.1, 0.15) is 12.8 Å². The number of ether oxygens (including phenoxy) is 1. The number of pyridine rings is 1. The van der Waals surface area contributed by atoms with Gasteiger partial charge in [0.05, 0.1) is 6.10 Å². The molecule has 0 amide bonds. The SMILES string of the molecule is NS(=O)(=O)c1ccnc(Cl)c1OC1CC1. The van der Waals surface area contributed by atoms with Crippen molar-refractivity contribution in [3.63, 3.8) is 0 Å². The van der Waals surface area contributed by atoms with E-state index in [0.29, 0.717) is 0 Å². The fourth-order valence-electron chi connectivity index (χ4n) is 1.09. The number of hydrogen-bond donors (Lipinski definition) is 1. The summed E-state index contributed by atoms with van der Waals surface area (Å²) in [4.78, 5) is 3.64. The lowest BCUT2D eigenvalue weighted by atomic mass is 10.4. The summed E-state index contributed by atoms with van der Waals surface area (Å²) in [6, 6.07) is 1.28. The van der Waals surface area contributed by atoms with Crippen molar-refractivity contribution in [2.45, 2.75) is 23.8 Å². The molecule has 1 fully saturated rings. The number of rotatable bonds is 3. The van der Waals surface area contributed by atoms with E-state index < -0.39 is 10.0 Å². The Morgan fingerprint density at radius 3 is 2.73 bits per heavy atom. The Bertz CT molecular complexity index is 485. The first-order chi connectivity index (χ1) is 6.98. The molecule has 0 spiro atoms. The molecule has 1 aliphatic rings. The molecule has 0 radical (unpaired) electrons. The molecule has 1 aliphatic carbocycles. The summed E-state index contributed by atoms with van der Waals surface area (Å²) in [7, 11) is -3.82. The van der Waals surface area contributed by atoms with Crippen LogP contribution in [0.2, 0.25) is 5.15 Å². The molecule has 0 unspecified atom stereocenters. The number of nitrogens with zero attached hydrogens (tertiary/aromatic N) is 1. The van der Waals surface area contributed by atoms with Crippen molar-refractivity contribution in [2.24, 2.45) is 5.14 Å². The van der Waals surface area contributed by atoms with E-state index in [1.165, 1.54) is 12.3 Å². The highest BCUT2D eigenvalue weighted by Gasteiger charge is 2.28. The highest BCUT2D eigenvalue weighted by atomic mass is 35.5. The zero-order chi connectivity index (χ0) is 11.1. The normalized spacial score (nSPS) is 16.4. The summed E-state index contributed by atoms with van der Waals surface area (Å²) in [5.74, 6) is 0.0594. The molecule has 15 heavy (non-hydrogen) atoms. The van der Waals surface area contributed by atoms with E-state index in [4.69, 9.17) is 21.5 Å². The van der Waals surface area contributed by atoms with E-state index in [1.807, 2.05) is 0 Å². The molecule has 1 aromatic rings. The first-order valence-electron chi connectivity index (χ1n) is 4.32. The van der Waals surface area contributed by atoms with Gasteiger partial charge < -0.3 is 4.74 Å². The summed E-state index contributed by atoms with van der Waals surface area (Å²) in [6.45, 7) is 0. The lowest BCUT2D eigenvalue weighted by molar-refractivity contribution is 0.294. The molecule has 2 N–H and O–H groups in total. The van der Waals surface area contributed by atoms with Crippen molar-refractivity contribution in [3.05, 3.63) is 17.4 Å². The van der Waals surface area contributed by atoms with Crippen LogP contribution in [-0.2, 0) is 10.0 Å². The molecule has 0 aliphatic heterocycles. The topological polar surface area (TPSA) is 82.3 Å². The smallest absolute Gasteiger partial charge is 0.241 e. The molecule has 2 rings (SSSR count). The van der Waals surface area contributed by atoms with E-state index in [-0.39, 0.29) is 21.9 Å². The van der Waals surface area contributed by atoms with Crippen LogP contribution in [0.4, 0.5) is 0 Å². The highest BCUT2D eigenvalue weighted by Crippen LogP contribution is 2.34. The highest BCUT2D eigenvalue weighted by molar-refractivity contribution is 7.89. The van der Waals surface area contributed by atoms with Gasteiger partial charge in [0.2, 0.25) is 10.0 Å². The maximum atomic E-state index is 11.2. The lowest BCUT2D eigenvalue weighted by Crippen LogP contribution is -2.15. The number of nitrogens with two attached hydrogens (primary N) is 1. The molecule has 5 nitrogen and oxygen atoms in total. The van der Waals surface area contributed by atoms with Gasteiger partial charge in [0.15, 0.2) is 10.9 Å². The van der Waals surface area contributed by atoms with Crippen LogP contribution >= 0.6 is 11.6 Å². The van der Waals surface area contributed by atoms with E-state index >= 15 is 0 Å². The minimum Gasteiger partial charge on any atom is -0.486 e. The van der Waals surface area contributed by atoms with Crippen molar-refractivity contribution in [1.82, 2.24) is 4.98 Å². The second-order valence-electron chi connectivity index (χ2n) is 3.29. The maximum Gasteiger partial charge on any atom is 0.241 e. The summed E-state index contributed by atoms with van der Waals surface area (Å²) in [6.07, 6.45) is 3.11. The fraction of sp³-hybridized carbons (Fsp3) is 0.375. The molecule has 1 heterocycles. The summed E-state index contributed by atoms with van der Waals surface area (Å²) < 4.78 is 27.8. The van der Waals surface area contributed by atoms with Crippen LogP contribution in [0.25, 0.3) is 0 Å². The van der Waals surface area contributed by atoms with Gasteiger partial charge in [0, 0.05) is 6.20 Å². The number of sulfonamides is 1. The minimum absolute atomic E-state index is 0.0217. The molecule has 1 aromatic heterocycles. The van der Waals surface area contributed by atoms with Crippen LogP contribution in [-0.4, -0.2) is 19.5 Å². The average molecular weight is 249 g/mol. The van der Waals surface area contributed by atoms with Crippen LogP contribution in [0.5, 0.6) is 5.75 Å². The van der Waals surface area contributed by atoms with E-state index in [2.05, 4.69) is 4.98 Å². The Hall–Kier alpha value is -0.850. The van der Waals surface area contributed by atoms with Gasteiger partial charge in [-0.2, -0.15) is 0 Å². The van der Waals surface area contributed by atoms with Crippen molar-refractivity contribution in [2.75, 3.05) is 0 Å². The van der Waals surface area contributed by atoms with E-state index in [9.17, 15) is 8.42 Å². The molecule has 0 aromatic carbocycles. The van der Waals surface area contributed by atoms with Gasteiger partial charge in [0.1, 0.15) is 4.90 Å². The molecule has 0 atom stereocenters. The van der Waals surface area contributed by atoms with Gasteiger partial charge in [-0.15, -0.1) is 0 Å².